The molecule has 0 aliphatic heterocycles. The molecule has 0 saturated heterocycles. The number of ether oxygens (including phenoxy) is 2. The van der Waals surface area contributed by atoms with Crippen LogP contribution in [0.2, 0.25) is 0 Å². The number of hydrogen-bond donors (Lipinski definition) is 2. The fourth-order valence-electron chi connectivity index (χ4n) is 3.05. The van der Waals surface area contributed by atoms with Gasteiger partial charge >= 0.3 is 0 Å². The third kappa shape index (κ3) is 6.89. The predicted molar refractivity (Wildman–Crippen MR) is 134 cm³/mol. The molecule has 5 nitrogen and oxygen atoms in total. The quantitative estimate of drug-likeness (QED) is 0.322. The highest BCUT2D eigenvalue weighted by molar-refractivity contribution is 14.1. The van der Waals surface area contributed by atoms with Crippen LogP contribution >= 0.6 is 22.6 Å². The third-order valence-electron chi connectivity index (χ3n) is 4.63. The van der Waals surface area contributed by atoms with Gasteiger partial charge < -0.3 is 20.1 Å². The number of carbonyl (C=O) groups excluding carboxylic acids is 1. The summed E-state index contributed by atoms with van der Waals surface area (Å²) in [4.78, 5) is 12.2. The molecule has 0 saturated carbocycles. The fraction of sp³-hybridized carbons (Fsp3) is 0.240. The van der Waals surface area contributed by atoms with E-state index in [9.17, 15) is 4.79 Å². The van der Waals surface area contributed by atoms with Crippen molar-refractivity contribution in [1.82, 2.24) is 0 Å². The summed E-state index contributed by atoms with van der Waals surface area (Å²) in [5.41, 5.74) is 4.21. The number of benzene rings is 3. The predicted octanol–water partition coefficient (Wildman–Crippen LogP) is 5.88. The van der Waals surface area contributed by atoms with E-state index < -0.39 is 0 Å². The summed E-state index contributed by atoms with van der Waals surface area (Å²) in [6, 6.07) is 21.8. The summed E-state index contributed by atoms with van der Waals surface area (Å²) < 4.78 is 12.5. The zero-order valence-electron chi connectivity index (χ0n) is 17.8. The third-order valence-corrected chi connectivity index (χ3v) is 5.43. The van der Waals surface area contributed by atoms with Crippen LogP contribution in [0.5, 0.6) is 11.5 Å². The Morgan fingerprint density at radius 2 is 1.65 bits per heavy atom. The Bertz CT molecular complexity index is 992. The van der Waals surface area contributed by atoms with E-state index in [0.29, 0.717) is 24.7 Å². The molecular weight excluding hydrogens is 503 g/mol. The number of halogens is 1. The minimum Gasteiger partial charge on any atom is -0.490 e. The average Bonchev–Trinajstić information content (AvgIpc) is 2.78. The number of nitrogens with one attached hydrogen (secondary N) is 2. The molecular formula is C25H27IN2O3. The van der Waals surface area contributed by atoms with Crippen LogP contribution in [0.15, 0.2) is 66.7 Å². The number of amides is 1. The second-order valence-corrected chi connectivity index (χ2v) is 8.11. The summed E-state index contributed by atoms with van der Waals surface area (Å²) >= 11 is 2.22. The highest BCUT2D eigenvalue weighted by Crippen LogP contribution is 2.34. The fourth-order valence-corrected chi connectivity index (χ4v) is 3.87. The van der Waals surface area contributed by atoms with Crippen molar-refractivity contribution in [2.45, 2.75) is 26.8 Å². The Morgan fingerprint density at radius 3 is 2.32 bits per heavy atom. The lowest BCUT2D eigenvalue weighted by Gasteiger charge is -2.16. The van der Waals surface area contributed by atoms with Gasteiger partial charge in [0, 0.05) is 17.9 Å². The SMILES string of the molecule is CCOc1cc(CNc2ccc(CC)cc2)cc(I)c1OCC(=O)Nc1ccccc1. The molecule has 1 amide bonds. The first-order chi connectivity index (χ1) is 15.1. The lowest BCUT2D eigenvalue weighted by Crippen LogP contribution is -2.20. The van der Waals surface area contributed by atoms with Crippen LogP contribution in [0.4, 0.5) is 11.4 Å². The summed E-state index contributed by atoms with van der Waals surface area (Å²) in [6.07, 6.45) is 1.03. The van der Waals surface area contributed by atoms with Crippen molar-refractivity contribution < 1.29 is 14.3 Å². The maximum atomic E-state index is 12.2. The molecule has 162 valence electrons. The van der Waals surface area contributed by atoms with E-state index in [4.69, 9.17) is 9.47 Å². The minimum absolute atomic E-state index is 0.0909. The second kappa shape index (κ2) is 11.6. The second-order valence-electron chi connectivity index (χ2n) is 6.94. The standard InChI is InChI=1S/C25H27IN2O3/c1-3-18-10-12-20(13-11-18)27-16-19-14-22(26)25(23(15-19)30-4-2)31-17-24(29)28-21-8-6-5-7-9-21/h5-15,27H,3-4,16-17H2,1-2H3,(H,28,29). The molecule has 0 heterocycles. The first-order valence-corrected chi connectivity index (χ1v) is 11.4. The van der Waals surface area contributed by atoms with Gasteiger partial charge in [0.2, 0.25) is 0 Å². The number of carbonyl (C=O) groups is 1. The lowest BCUT2D eigenvalue weighted by molar-refractivity contribution is -0.118. The summed E-state index contributed by atoms with van der Waals surface area (Å²) in [5.74, 6) is 1.01. The van der Waals surface area contributed by atoms with Crippen LogP contribution in [0.3, 0.4) is 0 Å². The van der Waals surface area contributed by atoms with Crippen LogP contribution in [-0.4, -0.2) is 19.1 Å². The maximum Gasteiger partial charge on any atom is 0.262 e. The van der Waals surface area contributed by atoms with Gasteiger partial charge in [-0.05, 0) is 83.5 Å². The summed E-state index contributed by atoms with van der Waals surface area (Å²) in [7, 11) is 0. The highest BCUT2D eigenvalue weighted by Gasteiger charge is 2.14. The van der Waals surface area contributed by atoms with Gasteiger partial charge in [-0.1, -0.05) is 37.3 Å². The van der Waals surface area contributed by atoms with Crippen LogP contribution in [-0.2, 0) is 17.8 Å². The Labute approximate surface area is 197 Å². The van der Waals surface area contributed by atoms with Gasteiger partial charge in [-0.25, -0.2) is 0 Å². The van der Waals surface area contributed by atoms with Gasteiger partial charge in [0.25, 0.3) is 5.91 Å². The van der Waals surface area contributed by atoms with Crippen molar-refractivity contribution in [3.05, 3.63) is 81.4 Å². The van der Waals surface area contributed by atoms with Crippen molar-refractivity contribution in [2.75, 3.05) is 23.8 Å². The molecule has 0 radical (unpaired) electrons. The van der Waals surface area contributed by atoms with Crippen LogP contribution in [0.1, 0.15) is 25.0 Å². The molecule has 0 aromatic heterocycles. The Hall–Kier alpha value is -2.74. The smallest absolute Gasteiger partial charge is 0.262 e. The minimum atomic E-state index is -0.217. The van der Waals surface area contributed by atoms with Gasteiger partial charge in [-0.3, -0.25) is 4.79 Å². The molecule has 0 unspecified atom stereocenters. The molecule has 0 aliphatic carbocycles. The van der Waals surface area contributed by atoms with Crippen molar-refractivity contribution in [2.24, 2.45) is 0 Å². The van der Waals surface area contributed by atoms with E-state index in [0.717, 1.165) is 26.9 Å². The van der Waals surface area contributed by atoms with E-state index in [1.165, 1.54) is 5.56 Å². The molecule has 0 bridgehead atoms. The summed E-state index contributed by atoms with van der Waals surface area (Å²) in [6.45, 7) is 5.16. The molecule has 0 aliphatic rings. The monoisotopic (exact) mass is 530 g/mol. The molecule has 3 aromatic rings. The van der Waals surface area contributed by atoms with Crippen molar-refractivity contribution in [3.8, 4) is 11.5 Å². The van der Waals surface area contributed by atoms with Crippen molar-refractivity contribution in [1.29, 1.82) is 0 Å². The highest BCUT2D eigenvalue weighted by atomic mass is 127. The zero-order chi connectivity index (χ0) is 22.1. The molecule has 3 aromatic carbocycles. The number of rotatable bonds is 10. The first kappa shape index (κ1) is 22.9. The maximum absolute atomic E-state index is 12.2. The molecule has 3 rings (SSSR count). The van der Waals surface area contributed by atoms with Gasteiger partial charge in [-0.2, -0.15) is 0 Å². The average molecular weight is 530 g/mol. The Balaban J connectivity index is 1.65. The molecule has 31 heavy (non-hydrogen) atoms. The van der Waals surface area contributed by atoms with Gasteiger partial charge in [-0.15, -0.1) is 0 Å². The van der Waals surface area contributed by atoms with Crippen molar-refractivity contribution in [3.63, 3.8) is 0 Å². The Morgan fingerprint density at radius 1 is 0.903 bits per heavy atom. The first-order valence-electron chi connectivity index (χ1n) is 10.3. The van der Waals surface area contributed by atoms with E-state index in [2.05, 4.69) is 64.4 Å². The van der Waals surface area contributed by atoms with E-state index in [1.54, 1.807) is 0 Å². The molecule has 0 fully saturated rings. The zero-order valence-corrected chi connectivity index (χ0v) is 19.9. The number of para-hydroxylation sites is 1. The normalized spacial score (nSPS) is 10.4. The molecule has 6 heteroatoms. The van der Waals surface area contributed by atoms with Gasteiger partial charge in [0.05, 0.1) is 10.2 Å². The largest absolute Gasteiger partial charge is 0.490 e. The van der Waals surface area contributed by atoms with Gasteiger partial charge in [0.1, 0.15) is 0 Å². The van der Waals surface area contributed by atoms with Crippen LogP contribution in [0, 0.1) is 3.57 Å². The molecule has 2 N–H and O–H groups in total. The molecule has 0 atom stereocenters. The lowest BCUT2D eigenvalue weighted by atomic mass is 10.1. The topological polar surface area (TPSA) is 59.6 Å². The van der Waals surface area contributed by atoms with E-state index in [1.807, 2.05) is 49.4 Å². The number of anilines is 2. The van der Waals surface area contributed by atoms with E-state index >= 15 is 0 Å². The van der Waals surface area contributed by atoms with Gasteiger partial charge in [0.15, 0.2) is 18.1 Å². The molecule has 0 spiro atoms. The van der Waals surface area contributed by atoms with Crippen LogP contribution < -0.4 is 20.1 Å². The number of aryl methyl sites for hydroxylation is 1. The summed E-state index contributed by atoms with van der Waals surface area (Å²) in [5, 5.41) is 6.27. The van der Waals surface area contributed by atoms with Crippen LogP contribution in [0.25, 0.3) is 0 Å². The van der Waals surface area contributed by atoms with E-state index in [-0.39, 0.29) is 12.5 Å². The van der Waals surface area contributed by atoms with Crippen molar-refractivity contribution >= 4 is 39.9 Å². The number of hydrogen-bond acceptors (Lipinski definition) is 4. The Kier molecular flexibility index (Phi) is 8.58.